The van der Waals surface area contributed by atoms with E-state index >= 15 is 0 Å². The highest BCUT2D eigenvalue weighted by atomic mass is 35.5. The van der Waals surface area contributed by atoms with Crippen LogP contribution in [0.1, 0.15) is 29.8 Å². The third-order valence-electron chi connectivity index (χ3n) is 3.99. The van der Waals surface area contributed by atoms with Crippen molar-refractivity contribution in [1.82, 2.24) is 9.88 Å². The molecule has 2 heterocycles. The molecule has 0 bridgehead atoms. The zero-order chi connectivity index (χ0) is 15.5. The van der Waals surface area contributed by atoms with Gasteiger partial charge in [0.15, 0.2) is 0 Å². The molecular formula is C16H19Cl2N3OS. The number of benzene rings is 1. The maximum absolute atomic E-state index is 12.7. The topological polar surface area (TPSA) is 59.2 Å². The van der Waals surface area contributed by atoms with E-state index < -0.39 is 0 Å². The maximum atomic E-state index is 12.7. The second-order valence-corrected chi connectivity index (χ2v) is 6.67. The fraction of sp³-hybridized carbons (Fsp3) is 0.375. The third kappa shape index (κ3) is 3.86. The van der Waals surface area contributed by atoms with E-state index in [2.05, 4.69) is 4.98 Å². The predicted molar refractivity (Wildman–Crippen MR) is 97.5 cm³/mol. The molecule has 1 amide bonds. The summed E-state index contributed by atoms with van der Waals surface area (Å²) < 4.78 is 0. The van der Waals surface area contributed by atoms with Crippen LogP contribution in [0.5, 0.6) is 0 Å². The SMILES string of the molecule is Cl.NCC1CCCCN1C(=O)c1csc(-c2ccccc2Cl)n1. The molecule has 0 spiro atoms. The quantitative estimate of drug-likeness (QED) is 0.891. The van der Waals surface area contributed by atoms with Crippen molar-refractivity contribution in [2.75, 3.05) is 13.1 Å². The van der Waals surface area contributed by atoms with E-state index in [-0.39, 0.29) is 24.4 Å². The van der Waals surface area contributed by atoms with Gasteiger partial charge >= 0.3 is 0 Å². The fourth-order valence-electron chi connectivity index (χ4n) is 2.79. The molecule has 1 aliphatic rings. The van der Waals surface area contributed by atoms with E-state index in [1.807, 2.05) is 34.5 Å². The van der Waals surface area contributed by atoms with Crippen molar-refractivity contribution in [3.05, 3.63) is 40.4 Å². The number of amides is 1. The van der Waals surface area contributed by atoms with Crippen LogP contribution >= 0.6 is 35.3 Å². The summed E-state index contributed by atoms with van der Waals surface area (Å²) in [5.41, 5.74) is 7.15. The number of piperidine rings is 1. The molecule has 2 N–H and O–H groups in total. The number of nitrogens with zero attached hydrogens (tertiary/aromatic N) is 2. The number of nitrogens with two attached hydrogens (primary N) is 1. The zero-order valence-electron chi connectivity index (χ0n) is 12.6. The van der Waals surface area contributed by atoms with Gasteiger partial charge in [-0.05, 0) is 25.3 Å². The number of rotatable bonds is 3. The summed E-state index contributed by atoms with van der Waals surface area (Å²) in [5, 5.41) is 3.23. The van der Waals surface area contributed by atoms with E-state index in [0.29, 0.717) is 17.3 Å². The first kappa shape index (κ1) is 18.2. The van der Waals surface area contributed by atoms with Crippen molar-refractivity contribution < 1.29 is 4.79 Å². The summed E-state index contributed by atoms with van der Waals surface area (Å²) in [6.45, 7) is 1.27. The third-order valence-corrected chi connectivity index (χ3v) is 5.19. The Morgan fingerprint density at radius 3 is 2.91 bits per heavy atom. The number of hydrogen-bond donors (Lipinski definition) is 1. The Balaban J connectivity index is 0.00000192. The molecular weight excluding hydrogens is 353 g/mol. The van der Waals surface area contributed by atoms with Crippen LogP contribution in [-0.2, 0) is 0 Å². The van der Waals surface area contributed by atoms with E-state index in [1.165, 1.54) is 11.3 Å². The number of thiazole rings is 1. The van der Waals surface area contributed by atoms with Crippen LogP contribution < -0.4 is 5.73 Å². The second-order valence-electron chi connectivity index (χ2n) is 5.40. The smallest absolute Gasteiger partial charge is 0.273 e. The van der Waals surface area contributed by atoms with Gasteiger partial charge in [0.1, 0.15) is 10.7 Å². The first-order valence-electron chi connectivity index (χ1n) is 7.42. The van der Waals surface area contributed by atoms with Gasteiger partial charge < -0.3 is 10.6 Å². The largest absolute Gasteiger partial charge is 0.333 e. The highest BCUT2D eigenvalue weighted by Gasteiger charge is 2.28. The number of carbonyl (C=O) groups is 1. The molecule has 1 aromatic carbocycles. The summed E-state index contributed by atoms with van der Waals surface area (Å²) in [6, 6.07) is 7.67. The Morgan fingerprint density at radius 2 is 2.17 bits per heavy atom. The molecule has 0 radical (unpaired) electrons. The molecule has 0 saturated carbocycles. The minimum absolute atomic E-state index is 0. The van der Waals surface area contributed by atoms with Crippen LogP contribution in [0.15, 0.2) is 29.6 Å². The van der Waals surface area contributed by atoms with Gasteiger partial charge in [0.2, 0.25) is 0 Å². The molecule has 1 saturated heterocycles. The fourth-order valence-corrected chi connectivity index (χ4v) is 3.90. The molecule has 4 nitrogen and oxygen atoms in total. The average Bonchev–Trinajstić information content (AvgIpc) is 3.04. The minimum Gasteiger partial charge on any atom is -0.333 e. The van der Waals surface area contributed by atoms with Gasteiger partial charge in [-0.15, -0.1) is 23.7 Å². The standard InChI is InChI=1S/C16H18ClN3OS.ClH/c17-13-7-2-1-6-12(13)15-19-14(10-22-15)16(21)20-8-4-3-5-11(20)9-18;/h1-2,6-7,10-11H,3-5,8-9,18H2;1H. The van der Waals surface area contributed by atoms with Gasteiger partial charge in [-0.25, -0.2) is 4.98 Å². The van der Waals surface area contributed by atoms with Gasteiger partial charge in [-0.1, -0.05) is 29.8 Å². The molecule has 124 valence electrons. The molecule has 23 heavy (non-hydrogen) atoms. The lowest BCUT2D eigenvalue weighted by atomic mass is 10.0. The molecule has 3 rings (SSSR count). The minimum atomic E-state index is -0.0234. The van der Waals surface area contributed by atoms with Gasteiger partial charge in [0.05, 0.1) is 5.02 Å². The van der Waals surface area contributed by atoms with Crippen molar-refractivity contribution in [1.29, 1.82) is 0 Å². The van der Waals surface area contributed by atoms with Crippen molar-refractivity contribution in [3.8, 4) is 10.6 Å². The van der Waals surface area contributed by atoms with E-state index in [9.17, 15) is 4.79 Å². The molecule has 0 aliphatic carbocycles. The number of carbonyl (C=O) groups excluding carboxylic acids is 1. The van der Waals surface area contributed by atoms with Crippen LogP contribution in [0.4, 0.5) is 0 Å². The highest BCUT2D eigenvalue weighted by Crippen LogP contribution is 2.30. The Kier molecular flexibility index (Phi) is 6.41. The number of hydrogen-bond acceptors (Lipinski definition) is 4. The molecule has 1 fully saturated rings. The number of halogens is 2. The molecule has 1 atom stereocenters. The lowest BCUT2D eigenvalue weighted by Crippen LogP contribution is -2.47. The summed E-state index contributed by atoms with van der Waals surface area (Å²) >= 11 is 7.64. The van der Waals surface area contributed by atoms with Crippen LogP contribution in [0.25, 0.3) is 10.6 Å². The van der Waals surface area contributed by atoms with Crippen LogP contribution in [0, 0.1) is 0 Å². The maximum Gasteiger partial charge on any atom is 0.273 e. The van der Waals surface area contributed by atoms with Crippen molar-refractivity contribution >= 4 is 41.3 Å². The highest BCUT2D eigenvalue weighted by molar-refractivity contribution is 7.13. The Hall–Kier alpha value is -1.14. The zero-order valence-corrected chi connectivity index (χ0v) is 15.0. The molecule has 1 aliphatic heterocycles. The molecule has 1 unspecified atom stereocenters. The first-order chi connectivity index (χ1) is 10.7. The number of likely N-dealkylation sites (tertiary alicyclic amines) is 1. The number of aromatic nitrogens is 1. The first-order valence-corrected chi connectivity index (χ1v) is 8.68. The van der Waals surface area contributed by atoms with Crippen LogP contribution in [-0.4, -0.2) is 34.9 Å². The average molecular weight is 372 g/mol. The summed E-state index contributed by atoms with van der Waals surface area (Å²) in [4.78, 5) is 19.0. The van der Waals surface area contributed by atoms with E-state index in [1.54, 1.807) is 0 Å². The summed E-state index contributed by atoms with van der Waals surface area (Å²) in [5.74, 6) is -0.0234. The lowest BCUT2D eigenvalue weighted by molar-refractivity contribution is 0.0618. The predicted octanol–water partition coefficient (Wildman–Crippen LogP) is 3.84. The summed E-state index contributed by atoms with van der Waals surface area (Å²) in [7, 11) is 0. The molecule has 2 aromatic rings. The summed E-state index contributed by atoms with van der Waals surface area (Å²) in [6.07, 6.45) is 3.14. The van der Waals surface area contributed by atoms with Gasteiger partial charge in [-0.3, -0.25) is 4.79 Å². The van der Waals surface area contributed by atoms with Gasteiger partial charge in [-0.2, -0.15) is 0 Å². The van der Waals surface area contributed by atoms with E-state index in [4.69, 9.17) is 17.3 Å². The van der Waals surface area contributed by atoms with Crippen LogP contribution in [0.3, 0.4) is 0 Å². The Labute approximate surface area is 151 Å². The second kappa shape index (κ2) is 8.11. The Bertz CT molecular complexity index is 677. The van der Waals surface area contributed by atoms with Crippen molar-refractivity contribution in [3.63, 3.8) is 0 Å². The van der Waals surface area contributed by atoms with E-state index in [0.717, 1.165) is 36.4 Å². The molecule has 1 aromatic heterocycles. The van der Waals surface area contributed by atoms with Crippen LogP contribution in [0.2, 0.25) is 5.02 Å². The Morgan fingerprint density at radius 1 is 1.39 bits per heavy atom. The van der Waals surface area contributed by atoms with Crippen molar-refractivity contribution in [2.24, 2.45) is 5.73 Å². The monoisotopic (exact) mass is 371 g/mol. The van der Waals surface area contributed by atoms with Gasteiger partial charge in [0, 0.05) is 30.1 Å². The van der Waals surface area contributed by atoms with Crippen molar-refractivity contribution in [2.45, 2.75) is 25.3 Å². The van der Waals surface area contributed by atoms with Gasteiger partial charge in [0.25, 0.3) is 5.91 Å². The molecule has 7 heteroatoms. The lowest BCUT2D eigenvalue weighted by Gasteiger charge is -2.34. The normalized spacial score (nSPS) is 17.7.